The Labute approximate surface area is 100 Å². The van der Waals surface area contributed by atoms with Crippen LogP contribution in [0.4, 0.5) is 0 Å². The third-order valence-electron chi connectivity index (χ3n) is 3.40. The minimum Gasteiger partial charge on any atom is -0.478 e. The Morgan fingerprint density at radius 1 is 1.24 bits per heavy atom. The summed E-state index contributed by atoms with van der Waals surface area (Å²) < 4.78 is 0. The lowest BCUT2D eigenvalue weighted by molar-refractivity contribution is 0.0695. The summed E-state index contributed by atoms with van der Waals surface area (Å²) in [6.07, 6.45) is 4.17. The summed E-state index contributed by atoms with van der Waals surface area (Å²) in [7, 11) is -1.54. The third-order valence-corrected chi connectivity index (χ3v) is 3.40. The summed E-state index contributed by atoms with van der Waals surface area (Å²) in [6.45, 7) is 0. The van der Waals surface area contributed by atoms with Crippen molar-refractivity contribution in [2.75, 3.05) is 0 Å². The molecular formula is C12H15BO4. The van der Waals surface area contributed by atoms with Gasteiger partial charge in [0.2, 0.25) is 0 Å². The monoisotopic (exact) mass is 234 g/mol. The molecule has 1 fully saturated rings. The molecule has 0 spiro atoms. The van der Waals surface area contributed by atoms with Gasteiger partial charge in [0.15, 0.2) is 0 Å². The Morgan fingerprint density at radius 3 is 2.41 bits per heavy atom. The molecule has 0 amide bonds. The van der Waals surface area contributed by atoms with Crippen LogP contribution in [-0.2, 0) is 0 Å². The van der Waals surface area contributed by atoms with Gasteiger partial charge in [0.05, 0.1) is 5.56 Å². The van der Waals surface area contributed by atoms with Gasteiger partial charge in [-0.25, -0.2) is 4.79 Å². The predicted molar refractivity (Wildman–Crippen MR) is 64.4 cm³/mol. The fourth-order valence-corrected chi connectivity index (χ4v) is 2.51. The van der Waals surface area contributed by atoms with Crippen LogP contribution in [0, 0.1) is 0 Å². The molecule has 0 bridgehead atoms. The van der Waals surface area contributed by atoms with Gasteiger partial charge in [-0.2, -0.15) is 0 Å². The lowest BCUT2D eigenvalue weighted by atomic mass is 9.77. The second kappa shape index (κ2) is 4.90. The van der Waals surface area contributed by atoms with E-state index in [0.29, 0.717) is 5.46 Å². The zero-order valence-electron chi connectivity index (χ0n) is 9.47. The van der Waals surface area contributed by atoms with Crippen LogP contribution in [0.3, 0.4) is 0 Å². The normalized spacial score (nSPS) is 16.1. The quantitative estimate of drug-likeness (QED) is 0.673. The molecule has 0 unspecified atom stereocenters. The van der Waals surface area contributed by atoms with Crippen LogP contribution in [0.1, 0.15) is 47.5 Å². The van der Waals surface area contributed by atoms with Crippen molar-refractivity contribution in [1.82, 2.24) is 0 Å². The van der Waals surface area contributed by atoms with E-state index in [2.05, 4.69) is 0 Å². The summed E-state index contributed by atoms with van der Waals surface area (Å²) in [5.41, 5.74) is 1.37. The van der Waals surface area contributed by atoms with Crippen LogP contribution in [0.5, 0.6) is 0 Å². The summed E-state index contributed by atoms with van der Waals surface area (Å²) in [6, 6.07) is 4.53. The largest absolute Gasteiger partial charge is 0.488 e. The maximum absolute atomic E-state index is 11.1. The van der Waals surface area contributed by atoms with Crippen molar-refractivity contribution in [2.45, 2.75) is 31.6 Å². The van der Waals surface area contributed by atoms with Gasteiger partial charge in [-0.15, -0.1) is 0 Å². The fourth-order valence-electron chi connectivity index (χ4n) is 2.51. The molecule has 1 aromatic rings. The highest BCUT2D eigenvalue weighted by molar-refractivity contribution is 6.58. The first-order chi connectivity index (χ1) is 8.09. The molecule has 0 atom stereocenters. The maximum atomic E-state index is 11.1. The van der Waals surface area contributed by atoms with Crippen molar-refractivity contribution in [3.05, 3.63) is 29.3 Å². The molecule has 3 N–H and O–H groups in total. The second-order valence-electron chi connectivity index (χ2n) is 4.51. The zero-order valence-corrected chi connectivity index (χ0v) is 9.47. The first kappa shape index (κ1) is 12.1. The van der Waals surface area contributed by atoms with Gasteiger partial charge in [-0.3, -0.25) is 0 Å². The number of benzene rings is 1. The van der Waals surface area contributed by atoms with Crippen molar-refractivity contribution in [2.24, 2.45) is 0 Å². The summed E-state index contributed by atoms with van der Waals surface area (Å²) in [5.74, 6) is -0.717. The van der Waals surface area contributed by atoms with Gasteiger partial charge in [0.25, 0.3) is 0 Å². The summed E-state index contributed by atoms with van der Waals surface area (Å²) in [4.78, 5) is 11.1. The molecule has 0 heterocycles. The number of carboxylic acid groups (broad SMARTS) is 1. The lowest BCUT2D eigenvalue weighted by Crippen LogP contribution is -2.30. The third kappa shape index (κ3) is 2.51. The van der Waals surface area contributed by atoms with E-state index in [9.17, 15) is 4.79 Å². The maximum Gasteiger partial charge on any atom is 0.488 e. The average molecular weight is 234 g/mol. The van der Waals surface area contributed by atoms with E-state index in [1.807, 2.05) is 0 Å². The van der Waals surface area contributed by atoms with Crippen LogP contribution in [0.2, 0.25) is 0 Å². The SMILES string of the molecule is O=C(O)c1ccc(B(O)O)cc1C1CCCC1. The number of hydrogen-bond donors (Lipinski definition) is 3. The van der Waals surface area contributed by atoms with Crippen molar-refractivity contribution in [1.29, 1.82) is 0 Å². The number of hydrogen-bond acceptors (Lipinski definition) is 3. The highest BCUT2D eigenvalue weighted by atomic mass is 16.4. The summed E-state index contributed by atoms with van der Waals surface area (Å²) in [5, 5.41) is 27.4. The van der Waals surface area contributed by atoms with Crippen LogP contribution >= 0.6 is 0 Å². The molecule has 0 saturated heterocycles. The van der Waals surface area contributed by atoms with Crippen molar-refractivity contribution in [3.8, 4) is 0 Å². The Hall–Kier alpha value is -1.33. The highest BCUT2D eigenvalue weighted by Crippen LogP contribution is 2.35. The molecule has 1 aromatic carbocycles. The molecular weight excluding hydrogens is 219 g/mol. The van der Waals surface area contributed by atoms with E-state index >= 15 is 0 Å². The molecule has 0 aliphatic heterocycles. The standard InChI is InChI=1S/C12H15BO4/c14-12(15)10-6-5-9(13(16)17)7-11(10)8-3-1-2-4-8/h5-8,16-17H,1-4H2,(H,14,15). The molecule has 17 heavy (non-hydrogen) atoms. The van der Waals surface area contributed by atoms with E-state index in [-0.39, 0.29) is 11.5 Å². The van der Waals surface area contributed by atoms with Crippen LogP contribution in [0.25, 0.3) is 0 Å². The van der Waals surface area contributed by atoms with Gasteiger partial charge in [-0.05, 0) is 35.9 Å². The smallest absolute Gasteiger partial charge is 0.478 e. The molecule has 0 aromatic heterocycles. The van der Waals surface area contributed by atoms with E-state index in [4.69, 9.17) is 15.2 Å². The Balaban J connectivity index is 2.43. The minimum atomic E-state index is -1.54. The molecule has 90 valence electrons. The van der Waals surface area contributed by atoms with Crippen molar-refractivity contribution >= 4 is 18.6 Å². The van der Waals surface area contributed by atoms with Gasteiger partial charge in [-0.1, -0.05) is 25.0 Å². The Kier molecular flexibility index (Phi) is 3.50. The highest BCUT2D eigenvalue weighted by Gasteiger charge is 2.24. The number of aromatic carboxylic acids is 1. The number of carboxylic acids is 1. The average Bonchev–Trinajstić information content (AvgIpc) is 2.81. The van der Waals surface area contributed by atoms with E-state index < -0.39 is 13.1 Å². The topological polar surface area (TPSA) is 77.8 Å². The van der Waals surface area contributed by atoms with Crippen LogP contribution < -0.4 is 5.46 Å². The van der Waals surface area contributed by atoms with Gasteiger partial charge in [0, 0.05) is 0 Å². The van der Waals surface area contributed by atoms with E-state index in [1.54, 1.807) is 6.07 Å². The number of rotatable bonds is 3. The van der Waals surface area contributed by atoms with E-state index in [0.717, 1.165) is 31.2 Å². The molecule has 4 nitrogen and oxygen atoms in total. The van der Waals surface area contributed by atoms with E-state index in [1.165, 1.54) is 12.1 Å². The molecule has 5 heteroatoms. The van der Waals surface area contributed by atoms with Gasteiger partial charge < -0.3 is 15.2 Å². The first-order valence-corrected chi connectivity index (χ1v) is 5.83. The molecule has 1 saturated carbocycles. The predicted octanol–water partition coefficient (Wildman–Crippen LogP) is 0.722. The van der Waals surface area contributed by atoms with Crippen LogP contribution in [0.15, 0.2) is 18.2 Å². The number of carbonyl (C=O) groups is 1. The van der Waals surface area contributed by atoms with Gasteiger partial charge >= 0.3 is 13.1 Å². The minimum absolute atomic E-state index is 0.236. The Bertz CT molecular complexity index is 425. The Morgan fingerprint density at radius 2 is 1.88 bits per heavy atom. The zero-order chi connectivity index (χ0) is 12.4. The molecule has 1 aliphatic rings. The van der Waals surface area contributed by atoms with Crippen LogP contribution in [-0.4, -0.2) is 28.2 Å². The lowest BCUT2D eigenvalue weighted by Gasteiger charge is -2.14. The summed E-state index contributed by atoms with van der Waals surface area (Å²) >= 11 is 0. The van der Waals surface area contributed by atoms with Gasteiger partial charge in [0.1, 0.15) is 0 Å². The first-order valence-electron chi connectivity index (χ1n) is 5.83. The van der Waals surface area contributed by atoms with Crippen molar-refractivity contribution < 1.29 is 19.9 Å². The van der Waals surface area contributed by atoms with Crippen molar-refractivity contribution in [3.63, 3.8) is 0 Å². The second-order valence-corrected chi connectivity index (χ2v) is 4.51. The molecule has 2 rings (SSSR count). The molecule has 0 radical (unpaired) electrons. The molecule has 1 aliphatic carbocycles. The fraction of sp³-hybridized carbons (Fsp3) is 0.417.